The van der Waals surface area contributed by atoms with Crippen LogP contribution in [-0.4, -0.2) is 25.9 Å². The minimum absolute atomic E-state index is 0.112. The number of rotatable bonds is 8. The molecular formula is C25H23N3O4S2. The Balaban J connectivity index is 1.55. The summed E-state index contributed by atoms with van der Waals surface area (Å²) in [6.45, 7) is 4.45. The van der Waals surface area contributed by atoms with Crippen LogP contribution < -0.4 is 14.8 Å². The second-order valence-corrected chi connectivity index (χ2v) is 10.2. The highest BCUT2D eigenvalue weighted by Crippen LogP contribution is 2.32. The Kier molecular flexibility index (Phi) is 6.95. The number of nitrogens with zero attached hydrogens (tertiary/aromatic N) is 1. The summed E-state index contributed by atoms with van der Waals surface area (Å²) in [6.07, 6.45) is 0. The first-order valence-corrected chi connectivity index (χ1v) is 12.9. The number of para-hydroxylation sites is 1. The highest BCUT2D eigenvalue weighted by Gasteiger charge is 2.20. The summed E-state index contributed by atoms with van der Waals surface area (Å²) in [5, 5.41) is 3.22. The van der Waals surface area contributed by atoms with Crippen LogP contribution in [0.15, 0.2) is 83.8 Å². The summed E-state index contributed by atoms with van der Waals surface area (Å²) >= 11 is 1.35. The predicted molar refractivity (Wildman–Crippen MR) is 135 cm³/mol. The van der Waals surface area contributed by atoms with Gasteiger partial charge in [-0.15, -0.1) is 11.3 Å². The van der Waals surface area contributed by atoms with Gasteiger partial charge in [-0.05, 0) is 62.4 Å². The summed E-state index contributed by atoms with van der Waals surface area (Å²) in [4.78, 5) is 18.7. The van der Waals surface area contributed by atoms with Gasteiger partial charge in [-0.3, -0.25) is 14.8 Å². The van der Waals surface area contributed by atoms with Crippen molar-refractivity contribution in [1.29, 1.82) is 0 Å². The highest BCUT2D eigenvalue weighted by molar-refractivity contribution is 7.92. The summed E-state index contributed by atoms with van der Waals surface area (Å²) < 4.78 is 33.5. The maximum Gasteiger partial charge on any atom is 0.261 e. The quantitative estimate of drug-likeness (QED) is 0.334. The van der Waals surface area contributed by atoms with Gasteiger partial charge >= 0.3 is 0 Å². The molecule has 0 aliphatic heterocycles. The number of ether oxygens (including phenoxy) is 1. The highest BCUT2D eigenvalue weighted by atomic mass is 32.2. The van der Waals surface area contributed by atoms with E-state index in [4.69, 9.17) is 4.74 Å². The third-order valence-electron chi connectivity index (χ3n) is 4.93. The number of amides is 1. The Morgan fingerprint density at radius 1 is 0.971 bits per heavy atom. The first-order valence-electron chi connectivity index (χ1n) is 10.6. The minimum atomic E-state index is -3.84. The fourth-order valence-electron chi connectivity index (χ4n) is 3.33. The lowest BCUT2D eigenvalue weighted by Crippen LogP contribution is -2.18. The lowest BCUT2D eigenvalue weighted by atomic mass is 10.1. The van der Waals surface area contributed by atoms with E-state index >= 15 is 0 Å². The lowest BCUT2D eigenvalue weighted by molar-refractivity contribution is 0.102. The summed E-state index contributed by atoms with van der Waals surface area (Å²) in [6, 6.07) is 22.1. The van der Waals surface area contributed by atoms with E-state index in [-0.39, 0.29) is 16.1 Å². The fraction of sp³-hybridized carbons (Fsp3) is 0.120. The van der Waals surface area contributed by atoms with Crippen molar-refractivity contribution in [3.8, 4) is 17.0 Å². The Morgan fingerprint density at radius 2 is 1.65 bits per heavy atom. The summed E-state index contributed by atoms with van der Waals surface area (Å²) in [7, 11) is -3.84. The van der Waals surface area contributed by atoms with E-state index < -0.39 is 15.9 Å². The number of anilines is 2. The lowest BCUT2D eigenvalue weighted by Gasteiger charge is -2.12. The monoisotopic (exact) mass is 493 g/mol. The summed E-state index contributed by atoms with van der Waals surface area (Å²) in [5.74, 6) is 0.320. The number of hydrogen-bond donors (Lipinski definition) is 2. The Labute approximate surface area is 202 Å². The molecule has 4 aromatic rings. The topological polar surface area (TPSA) is 97.4 Å². The maximum absolute atomic E-state index is 13.0. The molecule has 1 heterocycles. The van der Waals surface area contributed by atoms with Crippen molar-refractivity contribution in [1.82, 2.24) is 4.98 Å². The van der Waals surface area contributed by atoms with Crippen LogP contribution in [0.4, 0.5) is 10.8 Å². The van der Waals surface area contributed by atoms with Gasteiger partial charge in [-0.2, -0.15) is 0 Å². The van der Waals surface area contributed by atoms with E-state index in [9.17, 15) is 13.2 Å². The molecule has 0 unspecified atom stereocenters. The molecule has 0 spiro atoms. The average molecular weight is 494 g/mol. The molecule has 3 aromatic carbocycles. The van der Waals surface area contributed by atoms with Crippen molar-refractivity contribution in [2.24, 2.45) is 0 Å². The second kappa shape index (κ2) is 10.1. The van der Waals surface area contributed by atoms with Crippen molar-refractivity contribution in [3.05, 3.63) is 89.3 Å². The zero-order chi connectivity index (χ0) is 24.1. The van der Waals surface area contributed by atoms with E-state index in [1.807, 2.05) is 38.1 Å². The number of carbonyl (C=O) groups excluding carboxylic acids is 1. The Bertz CT molecular complexity index is 1400. The number of sulfonamides is 1. The molecule has 1 aromatic heterocycles. The van der Waals surface area contributed by atoms with Crippen LogP contribution in [0.2, 0.25) is 0 Å². The first kappa shape index (κ1) is 23.5. The second-order valence-electron chi connectivity index (χ2n) is 7.30. The Hall–Kier alpha value is -3.69. The number of benzene rings is 3. The van der Waals surface area contributed by atoms with Crippen LogP contribution in [-0.2, 0) is 10.0 Å². The van der Waals surface area contributed by atoms with Crippen LogP contribution in [0.3, 0.4) is 0 Å². The van der Waals surface area contributed by atoms with Gasteiger partial charge < -0.3 is 4.74 Å². The molecule has 0 atom stereocenters. The van der Waals surface area contributed by atoms with Crippen LogP contribution in [0.5, 0.6) is 5.75 Å². The zero-order valence-electron chi connectivity index (χ0n) is 18.6. The van der Waals surface area contributed by atoms with Crippen LogP contribution in [0, 0.1) is 6.92 Å². The van der Waals surface area contributed by atoms with E-state index in [0.29, 0.717) is 11.7 Å². The predicted octanol–water partition coefficient (Wildman–Crippen LogP) is 5.57. The minimum Gasteiger partial charge on any atom is -0.494 e. The van der Waals surface area contributed by atoms with Gasteiger partial charge in [0.05, 0.1) is 28.4 Å². The molecule has 2 N–H and O–H groups in total. The number of nitrogens with one attached hydrogen (secondary N) is 2. The molecule has 34 heavy (non-hydrogen) atoms. The van der Waals surface area contributed by atoms with Crippen LogP contribution >= 0.6 is 11.3 Å². The molecule has 0 radical (unpaired) electrons. The smallest absolute Gasteiger partial charge is 0.261 e. The van der Waals surface area contributed by atoms with Gasteiger partial charge in [0.2, 0.25) is 0 Å². The van der Waals surface area contributed by atoms with Gasteiger partial charge in [0, 0.05) is 10.4 Å². The third-order valence-corrected chi connectivity index (χ3v) is 7.19. The van der Waals surface area contributed by atoms with Gasteiger partial charge in [-0.25, -0.2) is 13.4 Å². The Morgan fingerprint density at radius 3 is 2.35 bits per heavy atom. The molecule has 0 saturated heterocycles. The maximum atomic E-state index is 13.0. The van der Waals surface area contributed by atoms with Gasteiger partial charge in [0.25, 0.3) is 15.9 Å². The molecule has 1 amide bonds. The van der Waals surface area contributed by atoms with Crippen LogP contribution in [0.1, 0.15) is 22.2 Å². The largest absolute Gasteiger partial charge is 0.494 e. The van der Waals surface area contributed by atoms with Crippen molar-refractivity contribution in [2.75, 3.05) is 16.6 Å². The summed E-state index contributed by atoms with van der Waals surface area (Å²) in [5.41, 5.74) is 2.05. The number of carbonyl (C=O) groups is 1. The number of aryl methyl sites for hydroxylation is 1. The van der Waals surface area contributed by atoms with Crippen molar-refractivity contribution in [2.45, 2.75) is 18.7 Å². The standard InChI is InChI=1S/C25H23N3O4S2/c1-3-32-19-15-13-18(14-16-19)23-17(2)33-25(26-23)27-24(29)21-11-7-8-12-22(21)28-34(30,31)20-9-5-4-6-10-20/h4-16,28H,3H2,1-2H3,(H,26,27,29). The van der Waals surface area contributed by atoms with Crippen molar-refractivity contribution < 1.29 is 17.9 Å². The van der Waals surface area contributed by atoms with Gasteiger partial charge in [0.15, 0.2) is 5.13 Å². The van der Waals surface area contributed by atoms with Crippen LogP contribution in [0.25, 0.3) is 11.3 Å². The average Bonchev–Trinajstić information content (AvgIpc) is 3.20. The van der Waals surface area contributed by atoms with E-state index in [0.717, 1.165) is 21.9 Å². The van der Waals surface area contributed by atoms with E-state index in [1.54, 1.807) is 42.5 Å². The van der Waals surface area contributed by atoms with Gasteiger partial charge in [0.1, 0.15) is 5.75 Å². The molecular weight excluding hydrogens is 470 g/mol. The zero-order valence-corrected chi connectivity index (χ0v) is 20.2. The fourth-order valence-corrected chi connectivity index (χ4v) is 5.26. The van der Waals surface area contributed by atoms with Gasteiger partial charge in [-0.1, -0.05) is 30.3 Å². The molecule has 7 nitrogen and oxygen atoms in total. The van der Waals surface area contributed by atoms with E-state index in [2.05, 4.69) is 15.0 Å². The van der Waals surface area contributed by atoms with Crippen molar-refractivity contribution in [3.63, 3.8) is 0 Å². The number of hydrogen-bond acceptors (Lipinski definition) is 6. The third kappa shape index (κ3) is 5.27. The number of thiazole rings is 1. The molecule has 0 fully saturated rings. The molecule has 0 aliphatic carbocycles. The molecule has 4 rings (SSSR count). The number of aromatic nitrogens is 1. The molecule has 0 aliphatic rings. The molecule has 0 bridgehead atoms. The molecule has 9 heteroatoms. The van der Waals surface area contributed by atoms with E-state index in [1.165, 1.54) is 23.5 Å². The SMILES string of the molecule is CCOc1ccc(-c2nc(NC(=O)c3ccccc3NS(=O)(=O)c3ccccc3)sc2C)cc1. The van der Waals surface area contributed by atoms with Crippen molar-refractivity contribution >= 4 is 38.1 Å². The normalized spacial score (nSPS) is 11.1. The molecule has 174 valence electrons. The first-order chi connectivity index (χ1) is 16.4. The molecule has 0 saturated carbocycles.